The molecule has 0 radical (unpaired) electrons. The van der Waals surface area contributed by atoms with Crippen LogP contribution in [0.1, 0.15) is 13.8 Å². The van der Waals surface area contributed by atoms with Gasteiger partial charge in [0.15, 0.2) is 0 Å². The fourth-order valence-electron chi connectivity index (χ4n) is 2.92. The topological polar surface area (TPSA) is 115 Å². The van der Waals surface area contributed by atoms with E-state index in [1.54, 1.807) is 32.0 Å². The van der Waals surface area contributed by atoms with Gasteiger partial charge in [-0.2, -0.15) is 0 Å². The van der Waals surface area contributed by atoms with Gasteiger partial charge in [-0.05, 0) is 23.6 Å². The molecular formula is C14H15N3O4. The zero-order chi connectivity index (χ0) is 15.4. The van der Waals surface area contributed by atoms with E-state index >= 15 is 0 Å². The molecular weight excluding hydrogens is 274 g/mol. The van der Waals surface area contributed by atoms with E-state index in [-0.39, 0.29) is 11.6 Å². The summed E-state index contributed by atoms with van der Waals surface area (Å²) in [5, 5.41) is 11.8. The number of nitrogens with one attached hydrogen (secondary N) is 3. The Morgan fingerprint density at radius 2 is 1.86 bits per heavy atom. The van der Waals surface area contributed by atoms with Crippen molar-refractivity contribution in [1.29, 1.82) is 0 Å². The summed E-state index contributed by atoms with van der Waals surface area (Å²) in [6, 6.07) is 4.97. The van der Waals surface area contributed by atoms with Gasteiger partial charge in [-0.25, -0.2) is 4.79 Å². The van der Waals surface area contributed by atoms with Crippen molar-refractivity contribution in [2.45, 2.75) is 13.8 Å². The number of carboxylic acids is 1. The van der Waals surface area contributed by atoms with E-state index in [4.69, 9.17) is 5.11 Å². The molecule has 1 fully saturated rings. The summed E-state index contributed by atoms with van der Waals surface area (Å²) >= 11 is 0. The first-order chi connectivity index (χ1) is 9.80. The molecule has 0 spiro atoms. The second kappa shape index (κ2) is 4.21. The van der Waals surface area contributed by atoms with Gasteiger partial charge in [-0.3, -0.25) is 9.59 Å². The molecule has 0 saturated heterocycles. The maximum Gasteiger partial charge on any atom is 0.323 e. The van der Waals surface area contributed by atoms with Crippen LogP contribution < -0.4 is 11.0 Å². The standard InChI is InChI=1S/C14H15N3O4/c1-14(2)9(10(14)12(19)20)11(18)15-6-3-4-7-8(5-6)17-13(21)16-7/h3-5,9-10H,1-2H3,(H,15,18)(H,19,20)(H2,16,17,21)/t9-,10+/m1/s1. The number of anilines is 1. The van der Waals surface area contributed by atoms with Crippen LogP contribution in [0.5, 0.6) is 0 Å². The molecule has 1 saturated carbocycles. The number of hydrogen-bond acceptors (Lipinski definition) is 3. The van der Waals surface area contributed by atoms with Gasteiger partial charge in [-0.1, -0.05) is 13.8 Å². The van der Waals surface area contributed by atoms with Gasteiger partial charge in [-0.15, -0.1) is 0 Å². The van der Waals surface area contributed by atoms with E-state index in [1.807, 2.05) is 0 Å². The van der Waals surface area contributed by atoms with Crippen LogP contribution in [0.4, 0.5) is 5.69 Å². The number of aromatic amines is 2. The molecule has 7 nitrogen and oxygen atoms in total. The predicted octanol–water partition coefficient (Wildman–Crippen LogP) is 1.15. The van der Waals surface area contributed by atoms with Crippen LogP contribution in [0.25, 0.3) is 11.0 Å². The van der Waals surface area contributed by atoms with Crippen molar-refractivity contribution in [3.63, 3.8) is 0 Å². The average Bonchev–Trinajstić information content (AvgIpc) is 2.77. The zero-order valence-electron chi connectivity index (χ0n) is 11.6. The minimum Gasteiger partial charge on any atom is -0.481 e. The summed E-state index contributed by atoms with van der Waals surface area (Å²) in [5.74, 6) is -2.47. The number of fused-ring (bicyclic) bond motifs is 1. The summed E-state index contributed by atoms with van der Waals surface area (Å²) < 4.78 is 0. The number of carbonyl (C=O) groups is 2. The van der Waals surface area contributed by atoms with Crippen molar-refractivity contribution in [2.24, 2.45) is 17.3 Å². The van der Waals surface area contributed by atoms with E-state index in [1.165, 1.54) is 0 Å². The quantitative estimate of drug-likeness (QED) is 0.678. The smallest absolute Gasteiger partial charge is 0.323 e. The molecule has 110 valence electrons. The Hall–Kier alpha value is -2.57. The molecule has 0 bridgehead atoms. The number of carboxylic acid groups (broad SMARTS) is 1. The molecule has 1 heterocycles. The number of imidazole rings is 1. The predicted molar refractivity (Wildman–Crippen MR) is 75.9 cm³/mol. The third-order valence-electron chi connectivity index (χ3n) is 4.16. The second-order valence-corrected chi connectivity index (χ2v) is 5.94. The third-order valence-corrected chi connectivity index (χ3v) is 4.16. The third kappa shape index (κ3) is 2.10. The molecule has 1 aliphatic rings. The van der Waals surface area contributed by atoms with Crippen molar-refractivity contribution in [3.8, 4) is 0 Å². The highest BCUT2D eigenvalue weighted by Gasteiger charge is 2.65. The first kappa shape index (κ1) is 13.4. The van der Waals surface area contributed by atoms with Gasteiger partial charge < -0.3 is 20.4 Å². The lowest BCUT2D eigenvalue weighted by Gasteiger charge is -2.06. The van der Waals surface area contributed by atoms with Gasteiger partial charge in [0.1, 0.15) is 0 Å². The average molecular weight is 289 g/mol. The summed E-state index contributed by atoms with van der Waals surface area (Å²) in [4.78, 5) is 39.7. The molecule has 7 heteroatoms. The first-order valence-electron chi connectivity index (χ1n) is 6.56. The molecule has 1 aliphatic carbocycles. The summed E-state index contributed by atoms with van der Waals surface area (Å²) in [6.07, 6.45) is 0. The maximum atomic E-state index is 12.2. The van der Waals surface area contributed by atoms with Crippen LogP contribution in [0.3, 0.4) is 0 Å². The van der Waals surface area contributed by atoms with Crippen LogP contribution in [-0.4, -0.2) is 27.0 Å². The Labute approximate surface area is 119 Å². The van der Waals surface area contributed by atoms with Crippen LogP contribution in [0.15, 0.2) is 23.0 Å². The van der Waals surface area contributed by atoms with Crippen LogP contribution >= 0.6 is 0 Å². The van der Waals surface area contributed by atoms with Gasteiger partial charge in [0.2, 0.25) is 5.91 Å². The summed E-state index contributed by atoms with van der Waals surface area (Å²) in [5.41, 5.74) is 0.899. The molecule has 2 atom stereocenters. The lowest BCUT2D eigenvalue weighted by molar-refractivity contribution is -0.140. The fraction of sp³-hybridized carbons (Fsp3) is 0.357. The van der Waals surface area contributed by atoms with E-state index in [0.717, 1.165) is 0 Å². The zero-order valence-corrected chi connectivity index (χ0v) is 11.6. The number of carbonyl (C=O) groups excluding carboxylic acids is 1. The monoisotopic (exact) mass is 289 g/mol. The number of aromatic nitrogens is 2. The maximum absolute atomic E-state index is 12.2. The molecule has 1 amide bonds. The van der Waals surface area contributed by atoms with Crippen molar-refractivity contribution < 1.29 is 14.7 Å². The number of benzene rings is 1. The molecule has 0 unspecified atom stereocenters. The summed E-state index contributed by atoms with van der Waals surface area (Å²) in [6.45, 7) is 3.53. The fourth-order valence-corrected chi connectivity index (χ4v) is 2.92. The Morgan fingerprint density at radius 1 is 1.19 bits per heavy atom. The van der Waals surface area contributed by atoms with Crippen LogP contribution in [0, 0.1) is 17.3 Å². The Morgan fingerprint density at radius 3 is 2.48 bits per heavy atom. The van der Waals surface area contributed by atoms with Gasteiger partial charge in [0, 0.05) is 5.69 Å². The van der Waals surface area contributed by atoms with Crippen LogP contribution in [-0.2, 0) is 9.59 Å². The van der Waals surface area contributed by atoms with Gasteiger partial charge in [0.05, 0.1) is 22.9 Å². The second-order valence-electron chi connectivity index (χ2n) is 5.94. The first-order valence-corrected chi connectivity index (χ1v) is 6.56. The highest BCUT2D eigenvalue weighted by molar-refractivity contribution is 6.00. The van der Waals surface area contributed by atoms with E-state index in [9.17, 15) is 14.4 Å². The highest BCUT2D eigenvalue weighted by atomic mass is 16.4. The van der Waals surface area contributed by atoms with Crippen molar-refractivity contribution in [1.82, 2.24) is 9.97 Å². The van der Waals surface area contributed by atoms with E-state index in [2.05, 4.69) is 15.3 Å². The Kier molecular flexibility index (Phi) is 2.69. The number of hydrogen-bond donors (Lipinski definition) is 4. The number of aliphatic carboxylic acids is 1. The molecule has 3 rings (SSSR count). The number of H-pyrrole nitrogens is 2. The molecule has 1 aromatic carbocycles. The van der Waals surface area contributed by atoms with E-state index < -0.39 is 23.2 Å². The molecule has 1 aromatic heterocycles. The lowest BCUT2D eigenvalue weighted by atomic mass is 10.1. The van der Waals surface area contributed by atoms with E-state index in [0.29, 0.717) is 16.7 Å². The van der Waals surface area contributed by atoms with Crippen molar-refractivity contribution in [3.05, 3.63) is 28.7 Å². The highest BCUT2D eigenvalue weighted by Crippen LogP contribution is 2.58. The van der Waals surface area contributed by atoms with Crippen LogP contribution in [0.2, 0.25) is 0 Å². The normalized spacial score (nSPS) is 23.0. The number of rotatable bonds is 3. The van der Waals surface area contributed by atoms with Gasteiger partial charge >= 0.3 is 11.7 Å². The van der Waals surface area contributed by atoms with Gasteiger partial charge in [0.25, 0.3) is 0 Å². The Balaban J connectivity index is 1.81. The largest absolute Gasteiger partial charge is 0.481 e. The van der Waals surface area contributed by atoms with Crippen molar-refractivity contribution in [2.75, 3.05) is 5.32 Å². The lowest BCUT2D eigenvalue weighted by Crippen LogP contribution is -2.17. The van der Waals surface area contributed by atoms with Crippen molar-refractivity contribution >= 4 is 28.6 Å². The molecule has 4 N–H and O–H groups in total. The molecule has 2 aromatic rings. The molecule has 0 aliphatic heterocycles. The Bertz CT molecular complexity index is 802. The minimum atomic E-state index is -0.953. The summed E-state index contributed by atoms with van der Waals surface area (Å²) in [7, 11) is 0. The SMILES string of the molecule is CC1(C)[C@H](C(=O)O)[C@@H]1C(=O)Nc1ccc2[nH]c(=O)[nH]c2c1. The number of amides is 1. The molecule has 21 heavy (non-hydrogen) atoms. The minimum absolute atomic E-state index is 0.315.